The summed E-state index contributed by atoms with van der Waals surface area (Å²) in [6.45, 7) is 0.974. The molecule has 1 atom stereocenters. The molecule has 0 aliphatic rings. The van der Waals surface area contributed by atoms with Gasteiger partial charge in [-0.3, -0.25) is 0 Å². The fraction of sp³-hybridized carbons (Fsp3) is 0.273. The Bertz CT molecular complexity index is 1210. The highest BCUT2D eigenvalue weighted by Gasteiger charge is 2.38. The van der Waals surface area contributed by atoms with Gasteiger partial charge in [0.15, 0.2) is 0 Å². The fourth-order valence-electron chi connectivity index (χ4n) is 4.51. The van der Waals surface area contributed by atoms with E-state index in [0.717, 1.165) is 39.5 Å². The summed E-state index contributed by atoms with van der Waals surface area (Å²) in [5, 5.41) is 10.9. The highest BCUT2D eigenvalue weighted by molar-refractivity contribution is 5.49. The number of rotatable bonds is 14. The second-order valence-corrected chi connectivity index (χ2v) is 9.16. The van der Waals surface area contributed by atoms with Crippen molar-refractivity contribution in [3.8, 4) is 17.2 Å². The first-order valence-corrected chi connectivity index (χ1v) is 13.0. The number of hydrogen-bond donors (Lipinski definition) is 1. The van der Waals surface area contributed by atoms with Crippen LogP contribution in [0.5, 0.6) is 17.2 Å². The SMILES string of the molecule is COc1ccc(COCCC(O)COC(c2ccccc2)(c2ccc(OC)cc2)c2ccc(OC)cc2)cc1. The van der Waals surface area contributed by atoms with Gasteiger partial charge < -0.3 is 28.8 Å². The van der Waals surface area contributed by atoms with Gasteiger partial charge in [-0.25, -0.2) is 0 Å². The minimum absolute atomic E-state index is 0.110. The maximum absolute atomic E-state index is 10.9. The van der Waals surface area contributed by atoms with Crippen LogP contribution in [0.15, 0.2) is 103 Å². The van der Waals surface area contributed by atoms with Gasteiger partial charge in [-0.2, -0.15) is 0 Å². The minimum Gasteiger partial charge on any atom is -0.497 e. The lowest BCUT2D eigenvalue weighted by atomic mass is 9.80. The molecule has 1 N–H and O–H groups in total. The van der Waals surface area contributed by atoms with Crippen molar-refractivity contribution in [2.24, 2.45) is 0 Å². The molecule has 4 aromatic rings. The Morgan fingerprint density at radius 3 is 1.56 bits per heavy atom. The summed E-state index contributed by atoms with van der Waals surface area (Å²) in [6, 6.07) is 33.5. The molecular weight excluding hydrogens is 492 g/mol. The van der Waals surface area contributed by atoms with E-state index >= 15 is 0 Å². The van der Waals surface area contributed by atoms with Crippen LogP contribution in [-0.4, -0.2) is 45.8 Å². The molecule has 0 heterocycles. The van der Waals surface area contributed by atoms with Crippen LogP contribution in [0.1, 0.15) is 28.7 Å². The van der Waals surface area contributed by atoms with Crippen molar-refractivity contribution < 1.29 is 28.8 Å². The van der Waals surface area contributed by atoms with Gasteiger partial charge in [0.2, 0.25) is 0 Å². The van der Waals surface area contributed by atoms with Crippen LogP contribution in [-0.2, 0) is 21.7 Å². The monoisotopic (exact) mass is 528 g/mol. The number of aliphatic hydroxyl groups is 1. The molecule has 6 heteroatoms. The van der Waals surface area contributed by atoms with Crippen LogP contribution >= 0.6 is 0 Å². The van der Waals surface area contributed by atoms with Gasteiger partial charge in [-0.15, -0.1) is 0 Å². The van der Waals surface area contributed by atoms with Crippen molar-refractivity contribution in [2.45, 2.75) is 24.7 Å². The topological polar surface area (TPSA) is 66.4 Å². The summed E-state index contributed by atoms with van der Waals surface area (Å²) in [5.41, 5.74) is 2.86. The number of aliphatic hydroxyl groups excluding tert-OH is 1. The van der Waals surface area contributed by atoms with Crippen molar-refractivity contribution in [1.29, 1.82) is 0 Å². The predicted molar refractivity (Wildman–Crippen MR) is 152 cm³/mol. The van der Waals surface area contributed by atoms with Crippen molar-refractivity contribution in [3.63, 3.8) is 0 Å². The van der Waals surface area contributed by atoms with Gasteiger partial charge in [-0.05, 0) is 65.1 Å². The van der Waals surface area contributed by atoms with Gasteiger partial charge in [0.25, 0.3) is 0 Å². The molecule has 4 rings (SSSR count). The lowest BCUT2D eigenvalue weighted by Gasteiger charge is -2.36. The van der Waals surface area contributed by atoms with Crippen LogP contribution in [0.2, 0.25) is 0 Å². The van der Waals surface area contributed by atoms with E-state index in [0.29, 0.717) is 19.6 Å². The quantitative estimate of drug-likeness (QED) is 0.160. The average molecular weight is 529 g/mol. The molecule has 0 saturated carbocycles. The molecule has 0 bridgehead atoms. The van der Waals surface area contributed by atoms with Crippen LogP contribution in [0.4, 0.5) is 0 Å². The number of methoxy groups -OCH3 is 3. The fourth-order valence-corrected chi connectivity index (χ4v) is 4.51. The van der Waals surface area contributed by atoms with E-state index in [9.17, 15) is 5.11 Å². The summed E-state index contributed by atoms with van der Waals surface area (Å²) < 4.78 is 28.6. The molecule has 1 unspecified atom stereocenters. The molecule has 0 fully saturated rings. The Morgan fingerprint density at radius 1 is 0.615 bits per heavy atom. The Balaban J connectivity index is 1.54. The van der Waals surface area contributed by atoms with E-state index in [4.69, 9.17) is 23.7 Å². The minimum atomic E-state index is -0.968. The second-order valence-electron chi connectivity index (χ2n) is 9.16. The standard InChI is InChI=1S/C33H36O6/c1-35-30-15-9-25(10-16-30)23-38-22-21-29(34)24-39-33(26-7-5-4-6-8-26,27-11-17-31(36-2)18-12-27)28-13-19-32(37-3)20-14-28/h4-20,29,34H,21-24H2,1-3H3. The summed E-state index contributed by atoms with van der Waals surface area (Å²) in [7, 11) is 4.93. The number of ether oxygens (including phenoxy) is 5. The third-order valence-electron chi connectivity index (χ3n) is 6.69. The molecule has 0 aliphatic heterocycles. The van der Waals surface area contributed by atoms with Crippen molar-refractivity contribution in [1.82, 2.24) is 0 Å². The predicted octanol–water partition coefficient (Wildman–Crippen LogP) is 5.99. The molecule has 204 valence electrons. The van der Waals surface area contributed by atoms with Gasteiger partial charge in [0, 0.05) is 6.61 Å². The molecule has 0 aromatic heterocycles. The maximum atomic E-state index is 10.9. The smallest absolute Gasteiger partial charge is 0.143 e. The van der Waals surface area contributed by atoms with E-state index in [1.54, 1.807) is 21.3 Å². The summed E-state index contributed by atoms with van der Waals surface area (Å²) in [5.74, 6) is 2.32. The highest BCUT2D eigenvalue weighted by Crippen LogP contribution is 2.41. The van der Waals surface area contributed by atoms with E-state index in [-0.39, 0.29) is 6.61 Å². The summed E-state index contributed by atoms with van der Waals surface area (Å²) in [4.78, 5) is 0. The third-order valence-corrected chi connectivity index (χ3v) is 6.69. The molecule has 4 aromatic carbocycles. The van der Waals surface area contributed by atoms with Gasteiger partial charge in [0.05, 0.1) is 40.6 Å². The number of benzene rings is 4. The Morgan fingerprint density at radius 2 is 1.08 bits per heavy atom. The lowest BCUT2D eigenvalue weighted by Crippen LogP contribution is -2.36. The van der Waals surface area contributed by atoms with Gasteiger partial charge >= 0.3 is 0 Å². The largest absolute Gasteiger partial charge is 0.497 e. The van der Waals surface area contributed by atoms with Crippen molar-refractivity contribution in [3.05, 3.63) is 125 Å². The zero-order valence-corrected chi connectivity index (χ0v) is 22.7. The normalized spacial score (nSPS) is 12.1. The van der Waals surface area contributed by atoms with Crippen LogP contribution in [0, 0.1) is 0 Å². The number of hydrogen-bond acceptors (Lipinski definition) is 6. The molecule has 0 amide bonds. The summed E-state index contributed by atoms with van der Waals surface area (Å²) >= 11 is 0. The Kier molecular flexibility index (Phi) is 9.97. The first kappa shape index (κ1) is 28.2. The lowest BCUT2D eigenvalue weighted by molar-refractivity contribution is -0.0474. The van der Waals surface area contributed by atoms with E-state index in [1.807, 2.05) is 103 Å². The molecular formula is C33H36O6. The van der Waals surface area contributed by atoms with Gasteiger partial charge in [0.1, 0.15) is 22.8 Å². The second kappa shape index (κ2) is 13.8. The molecule has 0 spiro atoms. The zero-order chi connectivity index (χ0) is 27.5. The average Bonchev–Trinajstić information content (AvgIpc) is 3.01. The first-order valence-electron chi connectivity index (χ1n) is 13.0. The maximum Gasteiger partial charge on any atom is 0.143 e. The van der Waals surface area contributed by atoms with Crippen LogP contribution in [0.25, 0.3) is 0 Å². The highest BCUT2D eigenvalue weighted by atomic mass is 16.5. The van der Waals surface area contributed by atoms with Crippen LogP contribution < -0.4 is 14.2 Å². The van der Waals surface area contributed by atoms with E-state index in [1.165, 1.54) is 0 Å². The molecule has 39 heavy (non-hydrogen) atoms. The van der Waals surface area contributed by atoms with Gasteiger partial charge in [-0.1, -0.05) is 66.7 Å². The van der Waals surface area contributed by atoms with Crippen molar-refractivity contribution in [2.75, 3.05) is 34.5 Å². The van der Waals surface area contributed by atoms with E-state index < -0.39 is 11.7 Å². The van der Waals surface area contributed by atoms with E-state index in [2.05, 4.69) is 0 Å². The molecule has 0 radical (unpaired) electrons. The van der Waals surface area contributed by atoms with Crippen LogP contribution in [0.3, 0.4) is 0 Å². The Labute approximate surface area is 230 Å². The zero-order valence-electron chi connectivity index (χ0n) is 22.7. The molecule has 0 aliphatic carbocycles. The van der Waals surface area contributed by atoms with Crippen molar-refractivity contribution >= 4 is 0 Å². The third kappa shape index (κ3) is 6.98. The Hall–Kier alpha value is -3.84. The molecule has 6 nitrogen and oxygen atoms in total. The molecule has 0 saturated heterocycles. The first-order chi connectivity index (χ1) is 19.1. The summed E-state index contributed by atoms with van der Waals surface area (Å²) in [6.07, 6.45) is -0.285.